The summed E-state index contributed by atoms with van der Waals surface area (Å²) in [7, 11) is 0. The molecule has 0 spiro atoms. The normalized spacial score (nSPS) is 13.5. The third-order valence-corrected chi connectivity index (χ3v) is 5.22. The van der Waals surface area contributed by atoms with E-state index in [0.717, 1.165) is 16.7 Å². The van der Waals surface area contributed by atoms with Crippen molar-refractivity contribution < 1.29 is 32.9 Å². The standard InChI is InChI=1S/C24H21F3O4/c1-15(16-5-7-18(8-6-16)23(29)30)22(14-28)20-4-2-3-19(13-20)17-9-11-21(12-10-17)31-24(25,26)27/h2-13,15,22,28H,14H2,1H3,(H,29,30). The molecule has 0 aliphatic heterocycles. The van der Waals surface area contributed by atoms with Crippen LogP contribution in [0.3, 0.4) is 0 Å². The molecule has 0 heterocycles. The quantitative estimate of drug-likeness (QED) is 0.495. The van der Waals surface area contributed by atoms with E-state index in [-0.39, 0.29) is 29.8 Å². The number of halogens is 3. The molecule has 0 bridgehead atoms. The predicted molar refractivity (Wildman–Crippen MR) is 110 cm³/mol. The van der Waals surface area contributed by atoms with Crippen molar-refractivity contribution in [3.8, 4) is 16.9 Å². The van der Waals surface area contributed by atoms with Gasteiger partial charge in [0.05, 0.1) is 12.2 Å². The molecule has 0 amide bonds. The monoisotopic (exact) mass is 430 g/mol. The topological polar surface area (TPSA) is 66.8 Å². The third kappa shape index (κ3) is 5.64. The second kappa shape index (κ2) is 9.22. The summed E-state index contributed by atoms with van der Waals surface area (Å²) in [6.07, 6.45) is -4.74. The first-order chi connectivity index (χ1) is 14.7. The molecule has 2 unspecified atom stereocenters. The van der Waals surface area contributed by atoms with E-state index in [0.29, 0.717) is 5.56 Å². The molecule has 3 aromatic rings. The molecule has 0 fully saturated rings. The second-order valence-corrected chi connectivity index (χ2v) is 7.20. The first-order valence-corrected chi connectivity index (χ1v) is 9.58. The van der Waals surface area contributed by atoms with Gasteiger partial charge in [0.25, 0.3) is 0 Å². The Morgan fingerprint density at radius 1 is 0.935 bits per heavy atom. The summed E-state index contributed by atoms with van der Waals surface area (Å²) < 4.78 is 40.9. The van der Waals surface area contributed by atoms with Crippen molar-refractivity contribution in [2.75, 3.05) is 6.61 Å². The Labute approximate surface area is 177 Å². The number of hydrogen-bond donors (Lipinski definition) is 2. The van der Waals surface area contributed by atoms with Gasteiger partial charge in [0.2, 0.25) is 0 Å². The minimum atomic E-state index is -4.74. The molecule has 3 aromatic carbocycles. The van der Waals surface area contributed by atoms with Gasteiger partial charge in [-0.2, -0.15) is 0 Å². The van der Waals surface area contributed by atoms with Crippen molar-refractivity contribution >= 4 is 5.97 Å². The Bertz CT molecular complexity index is 1030. The molecule has 0 saturated heterocycles. The van der Waals surface area contributed by atoms with Gasteiger partial charge in [-0.05, 0) is 52.4 Å². The van der Waals surface area contributed by atoms with E-state index in [1.807, 2.05) is 31.2 Å². The number of carbonyl (C=O) groups is 1. The summed E-state index contributed by atoms with van der Waals surface area (Å²) in [6, 6.07) is 19.6. The van der Waals surface area contributed by atoms with Crippen molar-refractivity contribution in [1.82, 2.24) is 0 Å². The highest BCUT2D eigenvalue weighted by Crippen LogP contribution is 2.35. The molecule has 0 radical (unpaired) electrons. The Morgan fingerprint density at radius 3 is 2.13 bits per heavy atom. The number of carboxylic acids is 1. The highest BCUT2D eigenvalue weighted by atomic mass is 19.4. The zero-order valence-electron chi connectivity index (χ0n) is 16.6. The first kappa shape index (κ1) is 22.4. The summed E-state index contributed by atoms with van der Waals surface area (Å²) in [5.41, 5.74) is 3.46. The number of hydrogen-bond acceptors (Lipinski definition) is 3. The Morgan fingerprint density at radius 2 is 1.58 bits per heavy atom. The summed E-state index contributed by atoms with van der Waals surface area (Å²) in [5, 5.41) is 19.1. The summed E-state index contributed by atoms with van der Waals surface area (Å²) in [5.74, 6) is -1.63. The lowest BCUT2D eigenvalue weighted by atomic mass is 9.82. The summed E-state index contributed by atoms with van der Waals surface area (Å²) in [4.78, 5) is 11.1. The van der Waals surface area contributed by atoms with Gasteiger partial charge >= 0.3 is 12.3 Å². The molecule has 31 heavy (non-hydrogen) atoms. The smallest absolute Gasteiger partial charge is 0.478 e. The zero-order valence-corrected chi connectivity index (χ0v) is 16.6. The van der Waals surface area contributed by atoms with Crippen LogP contribution >= 0.6 is 0 Å². The Kier molecular flexibility index (Phi) is 6.65. The van der Waals surface area contributed by atoms with Crippen LogP contribution in [-0.4, -0.2) is 29.2 Å². The Hall–Kier alpha value is -3.32. The molecular weight excluding hydrogens is 409 g/mol. The highest BCUT2D eigenvalue weighted by Gasteiger charge is 2.31. The van der Waals surface area contributed by atoms with Crippen molar-refractivity contribution in [3.63, 3.8) is 0 Å². The van der Waals surface area contributed by atoms with Gasteiger partial charge < -0.3 is 14.9 Å². The van der Waals surface area contributed by atoms with Crippen LogP contribution in [0.15, 0.2) is 72.8 Å². The average molecular weight is 430 g/mol. The minimum Gasteiger partial charge on any atom is -0.478 e. The molecular formula is C24H21F3O4. The van der Waals surface area contributed by atoms with E-state index < -0.39 is 12.3 Å². The van der Waals surface area contributed by atoms with Gasteiger partial charge in [0, 0.05) is 5.92 Å². The van der Waals surface area contributed by atoms with Crippen LogP contribution in [0.4, 0.5) is 13.2 Å². The van der Waals surface area contributed by atoms with Crippen LogP contribution in [0, 0.1) is 0 Å². The number of carboxylic acid groups (broad SMARTS) is 1. The number of aromatic carboxylic acids is 1. The number of aliphatic hydroxyl groups is 1. The van der Waals surface area contributed by atoms with Crippen LogP contribution in [0.2, 0.25) is 0 Å². The molecule has 0 aliphatic carbocycles. The second-order valence-electron chi connectivity index (χ2n) is 7.20. The van der Waals surface area contributed by atoms with Gasteiger partial charge in [-0.3, -0.25) is 0 Å². The lowest BCUT2D eigenvalue weighted by Crippen LogP contribution is -2.16. The molecule has 4 nitrogen and oxygen atoms in total. The minimum absolute atomic E-state index is 0.0920. The van der Waals surface area contributed by atoms with Crippen LogP contribution in [0.5, 0.6) is 5.75 Å². The average Bonchev–Trinajstić information content (AvgIpc) is 2.74. The first-order valence-electron chi connectivity index (χ1n) is 9.58. The van der Waals surface area contributed by atoms with Crippen molar-refractivity contribution in [1.29, 1.82) is 0 Å². The fourth-order valence-corrected chi connectivity index (χ4v) is 3.51. The molecule has 7 heteroatoms. The maximum Gasteiger partial charge on any atom is 0.573 e. The van der Waals surface area contributed by atoms with Crippen LogP contribution in [0.25, 0.3) is 11.1 Å². The van der Waals surface area contributed by atoms with Crippen molar-refractivity contribution in [2.24, 2.45) is 0 Å². The number of ether oxygens (including phenoxy) is 1. The van der Waals surface area contributed by atoms with E-state index in [9.17, 15) is 23.1 Å². The van der Waals surface area contributed by atoms with E-state index >= 15 is 0 Å². The lowest BCUT2D eigenvalue weighted by Gasteiger charge is -2.23. The van der Waals surface area contributed by atoms with Crippen LogP contribution in [0.1, 0.15) is 40.2 Å². The van der Waals surface area contributed by atoms with E-state index in [1.165, 1.54) is 24.3 Å². The van der Waals surface area contributed by atoms with E-state index in [1.54, 1.807) is 24.3 Å². The van der Waals surface area contributed by atoms with Gasteiger partial charge in [-0.1, -0.05) is 55.5 Å². The number of aliphatic hydroxyl groups excluding tert-OH is 1. The molecule has 0 aromatic heterocycles. The van der Waals surface area contributed by atoms with Gasteiger partial charge in [-0.15, -0.1) is 13.2 Å². The molecule has 2 atom stereocenters. The fraction of sp³-hybridized carbons (Fsp3) is 0.208. The Balaban J connectivity index is 1.84. The summed E-state index contributed by atoms with van der Waals surface area (Å²) >= 11 is 0. The molecule has 0 aliphatic rings. The molecule has 2 N–H and O–H groups in total. The molecule has 3 rings (SSSR count). The van der Waals surface area contributed by atoms with Crippen molar-refractivity contribution in [2.45, 2.75) is 25.1 Å². The van der Waals surface area contributed by atoms with Gasteiger partial charge in [-0.25, -0.2) is 4.79 Å². The largest absolute Gasteiger partial charge is 0.573 e. The highest BCUT2D eigenvalue weighted by molar-refractivity contribution is 5.87. The number of alkyl halides is 3. The van der Waals surface area contributed by atoms with Gasteiger partial charge in [0.1, 0.15) is 5.75 Å². The molecule has 0 saturated carbocycles. The summed E-state index contributed by atoms with van der Waals surface area (Å²) in [6.45, 7) is 1.83. The number of rotatable bonds is 7. The van der Waals surface area contributed by atoms with Crippen molar-refractivity contribution in [3.05, 3.63) is 89.5 Å². The van der Waals surface area contributed by atoms with E-state index in [2.05, 4.69) is 4.74 Å². The predicted octanol–water partition coefficient (Wildman–Crippen LogP) is 5.83. The molecule has 162 valence electrons. The zero-order chi connectivity index (χ0) is 22.6. The SMILES string of the molecule is CC(c1ccc(C(=O)O)cc1)C(CO)c1cccc(-c2ccc(OC(F)(F)F)cc2)c1. The van der Waals surface area contributed by atoms with Crippen LogP contribution in [-0.2, 0) is 0 Å². The fourth-order valence-electron chi connectivity index (χ4n) is 3.51. The maximum absolute atomic E-state index is 12.3. The lowest BCUT2D eigenvalue weighted by molar-refractivity contribution is -0.274. The van der Waals surface area contributed by atoms with Crippen LogP contribution < -0.4 is 4.74 Å². The third-order valence-electron chi connectivity index (χ3n) is 5.22. The van der Waals surface area contributed by atoms with Gasteiger partial charge in [0.15, 0.2) is 0 Å². The number of benzene rings is 3. The van der Waals surface area contributed by atoms with E-state index in [4.69, 9.17) is 5.11 Å². The maximum atomic E-state index is 12.3.